The Morgan fingerprint density at radius 1 is 1.62 bits per heavy atom. The third-order valence-electron chi connectivity index (χ3n) is 0.654. The smallest absolute Gasteiger partial charge is 0.0567 e. The molecule has 1 atom stereocenters. The Kier molecular flexibility index (Phi) is 5.74. The number of hydrogen-bond acceptors (Lipinski definition) is 0. The van der Waals surface area contributed by atoms with Gasteiger partial charge in [-0.2, -0.15) is 0 Å². The van der Waals surface area contributed by atoms with Crippen LogP contribution >= 0.6 is 47.8 Å². The van der Waals surface area contributed by atoms with Gasteiger partial charge in [0.2, 0.25) is 0 Å². The summed E-state index contributed by atoms with van der Waals surface area (Å²) in [5.74, 6) is 0.587. The highest BCUT2D eigenvalue weighted by Crippen LogP contribution is 2.16. The first-order valence-corrected chi connectivity index (χ1v) is 4.96. The molecule has 0 saturated carbocycles. The first kappa shape index (κ1) is 9.18. The van der Waals surface area contributed by atoms with Crippen molar-refractivity contribution in [3.8, 4) is 0 Å². The molecule has 8 heavy (non-hydrogen) atoms. The molecule has 0 unspecified atom stereocenters. The van der Waals surface area contributed by atoms with Crippen molar-refractivity contribution in [3.05, 3.63) is 9.47 Å². The molecule has 0 amide bonds. The zero-order chi connectivity index (χ0) is 6.57. The lowest BCUT2D eigenvalue weighted by molar-refractivity contribution is 0.856. The van der Waals surface area contributed by atoms with Gasteiger partial charge in [-0.15, -0.1) is 0 Å². The second kappa shape index (κ2) is 5.00. The van der Waals surface area contributed by atoms with E-state index in [2.05, 4.69) is 60.8 Å². The van der Waals surface area contributed by atoms with Crippen LogP contribution in [0, 0.1) is 5.92 Å². The Morgan fingerprint density at radius 2 is 2.12 bits per heavy atom. The SMILES string of the molecule is C[C@@H](C=C(Br)Br)CBr. The van der Waals surface area contributed by atoms with Gasteiger partial charge in [-0.05, 0) is 37.8 Å². The van der Waals surface area contributed by atoms with Crippen LogP contribution in [0.25, 0.3) is 0 Å². The second-order valence-electron chi connectivity index (χ2n) is 1.59. The van der Waals surface area contributed by atoms with Crippen molar-refractivity contribution in [2.24, 2.45) is 5.92 Å². The van der Waals surface area contributed by atoms with Crippen molar-refractivity contribution in [1.29, 1.82) is 0 Å². The third kappa shape index (κ3) is 5.32. The van der Waals surface area contributed by atoms with Gasteiger partial charge in [-0.25, -0.2) is 0 Å². The highest BCUT2D eigenvalue weighted by Gasteiger charge is 1.92. The molecule has 0 aromatic heterocycles. The minimum Gasteiger partial charge on any atom is -0.0922 e. The van der Waals surface area contributed by atoms with Crippen LogP contribution in [0.1, 0.15) is 6.92 Å². The average Bonchev–Trinajstić information content (AvgIpc) is 1.65. The summed E-state index contributed by atoms with van der Waals surface area (Å²) in [5.41, 5.74) is 0. The fourth-order valence-electron chi connectivity index (χ4n) is 0.260. The van der Waals surface area contributed by atoms with Gasteiger partial charge in [-0.1, -0.05) is 28.9 Å². The first-order valence-electron chi connectivity index (χ1n) is 2.25. The number of alkyl halides is 1. The van der Waals surface area contributed by atoms with Gasteiger partial charge in [0.15, 0.2) is 0 Å². The molecule has 3 heteroatoms. The highest BCUT2D eigenvalue weighted by atomic mass is 79.9. The summed E-state index contributed by atoms with van der Waals surface area (Å²) < 4.78 is 1.02. The summed E-state index contributed by atoms with van der Waals surface area (Å²) in [6.07, 6.45) is 2.09. The quantitative estimate of drug-likeness (QED) is 0.683. The standard InChI is InChI=1S/C5H7Br3/c1-4(3-6)2-5(7)8/h2,4H,3H2,1H3/t4-/m0/s1. The fourth-order valence-corrected chi connectivity index (χ4v) is 1.35. The number of hydrogen-bond donors (Lipinski definition) is 0. The molecule has 0 aliphatic rings. The summed E-state index contributed by atoms with van der Waals surface area (Å²) in [7, 11) is 0. The molecule has 0 aliphatic heterocycles. The van der Waals surface area contributed by atoms with Crippen molar-refractivity contribution in [2.75, 3.05) is 5.33 Å². The predicted molar refractivity (Wildman–Crippen MR) is 48.9 cm³/mol. The Balaban J connectivity index is 3.51. The summed E-state index contributed by atoms with van der Waals surface area (Å²) in [6.45, 7) is 2.14. The van der Waals surface area contributed by atoms with Gasteiger partial charge in [0.05, 0.1) is 3.39 Å². The lowest BCUT2D eigenvalue weighted by Crippen LogP contribution is -1.87. The van der Waals surface area contributed by atoms with Crippen molar-refractivity contribution in [3.63, 3.8) is 0 Å². The van der Waals surface area contributed by atoms with Crippen molar-refractivity contribution < 1.29 is 0 Å². The van der Waals surface area contributed by atoms with Crippen molar-refractivity contribution >= 4 is 47.8 Å². The summed E-state index contributed by atoms with van der Waals surface area (Å²) in [4.78, 5) is 0. The van der Waals surface area contributed by atoms with Crippen molar-refractivity contribution in [1.82, 2.24) is 0 Å². The van der Waals surface area contributed by atoms with Crippen molar-refractivity contribution in [2.45, 2.75) is 6.92 Å². The molecule has 0 rings (SSSR count). The highest BCUT2D eigenvalue weighted by molar-refractivity contribution is 9.28. The average molecular weight is 307 g/mol. The van der Waals surface area contributed by atoms with Gasteiger partial charge in [0.25, 0.3) is 0 Å². The van der Waals surface area contributed by atoms with E-state index in [4.69, 9.17) is 0 Å². The molecule has 0 aromatic rings. The van der Waals surface area contributed by atoms with Crippen LogP contribution in [-0.4, -0.2) is 5.33 Å². The normalized spacial score (nSPS) is 13.0. The fraction of sp³-hybridized carbons (Fsp3) is 0.600. The van der Waals surface area contributed by atoms with E-state index in [1.165, 1.54) is 0 Å². The van der Waals surface area contributed by atoms with Crippen LogP contribution in [0.15, 0.2) is 9.47 Å². The van der Waals surface area contributed by atoms with E-state index in [1.807, 2.05) is 0 Å². The maximum Gasteiger partial charge on any atom is 0.0567 e. The van der Waals surface area contributed by atoms with Crippen LogP contribution in [-0.2, 0) is 0 Å². The summed E-state index contributed by atoms with van der Waals surface area (Å²) in [6, 6.07) is 0. The Hall–Kier alpha value is 1.18. The van der Waals surface area contributed by atoms with Gasteiger partial charge < -0.3 is 0 Å². The maximum atomic E-state index is 3.36. The molecule has 0 aliphatic carbocycles. The number of rotatable bonds is 2. The van der Waals surface area contributed by atoms with Gasteiger partial charge >= 0.3 is 0 Å². The second-order valence-corrected chi connectivity index (χ2v) is 5.01. The van der Waals surface area contributed by atoms with E-state index < -0.39 is 0 Å². The maximum absolute atomic E-state index is 3.36. The topological polar surface area (TPSA) is 0 Å². The monoisotopic (exact) mass is 304 g/mol. The van der Waals surface area contributed by atoms with Crippen LogP contribution < -0.4 is 0 Å². The van der Waals surface area contributed by atoms with Gasteiger partial charge in [0.1, 0.15) is 0 Å². The Labute approximate surface area is 75.1 Å². The molecule has 0 N–H and O–H groups in total. The molecule has 0 bridgehead atoms. The van der Waals surface area contributed by atoms with Gasteiger partial charge in [-0.3, -0.25) is 0 Å². The summed E-state index contributed by atoms with van der Waals surface area (Å²) in [5, 5.41) is 1.01. The van der Waals surface area contributed by atoms with Crippen LogP contribution in [0.4, 0.5) is 0 Å². The Morgan fingerprint density at radius 3 is 2.25 bits per heavy atom. The lowest BCUT2D eigenvalue weighted by Gasteiger charge is -1.96. The lowest BCUT2D eigenvalue weighted by atomic mass is 10.2. The molecule has 48 valence electrons. The third-order valence-corrected chi connectivity index (χ3v) is 2.20. The molecule has 0 spiro atoms. The van der Waals surface area contributed by atoms with E-state index in [0.29, 0.717) is 5.92 Å². The van der Waals surface area contributed by atoms with E-state index in [9.17, 15) is 0 Å². The zero-order valence-electron chi connectivity index (χ0n) is 4.50. The van der Waals surface area contributed by atoms with E-state index in [-0.39, 0.29) is 0 Å². The molecule has 0 nitrogen and oxygen atoms in total. The molecule has 0 fully saturated rings. The first-order chi connectivity index (χ1) is 3.66. The van der Waals surface area contributed by atoms with Crippen LogP contribution in [0.5, 0.6) is 0 Å². The largest absolute Gasteiger partial charge is 0.0922 e. The predicted octanol–water partition coefficient (Wildman–Crippen LogP) is 3.65. The van der Waals surface area contributed by atoms with Crippen LogP contribution in [0.3, 0.4) is 0 Å². The zero-order valence-corrected chi connectivity index (χ0v) is 9.25. The number of allylic oxidation sites excluding steroid dienone is 1. The van der Waals surface area contributed by atoms with E-state index >= 15 is 0 Å². The van der Waals surface area contributed by atoms with E-state index in [1.54, 1.807) is 0 Å². The Bertz CT molecular complexity index is 83.7. The molecule has 0 aromatic carbocycles. The van der Waals surface area contributed by atoms with E-state index in [0.717, 1.165) is 8.72 Å². The van der Waals surface area contributed by atoms with Gasteiger partial charge in [0, 0.05) is 5.33 Å². The molecule has 0 heterocycles. The minimum absolute atomic E-state index is 0.587. The molecular formula is C5H7Br3. The molecule has 0 saturated heterocycles. The summed E-state index contributed by atoms with van der Waals surface area (Å²) >= 11 is 9.90. The number of halogens is 3. The van der Waals surface area contributed by atoms with Crippen LogP contribution in [0.2, 0.25) is 0 Å². The molecule has 0 radical (unpaired) electrons. The minimum atomic E-state index is 0.587. The molecular weight excluding hydrogens is 300 g/mol.